The van der Waals surface area contributed by atoms with Crippen LogP contribution in [-0.4, -0.2) is 46.3 Å². The number of aromatic nitrogens is 4. The topological polar surface area (TPSA) is 92.0 Å². The van der Waals surface area contributed by atoms with E-state index in [-0.39, 0.29) is 0 Å². The van der Waals surface area contributed by atoms with E-state index in [1.807, 2.05) is 43.4 Å². The summed E-state index contributed by atoms with van der Waals surface area (Å²) in [6, 6.07) is 12.1. The minimum Gasteiger partial charge on any atom is -0.373 e. The van der Waals surface area contributed by atoms with E-state index in [0.29, 0.717) is 17.9 Å². The lowest BCUT2D eigenvalue weighted by Gasteiger charge is -2.25. The lowest BCUT2D eigenvalue weighted by molar-refractivity contribution is 0.432. The number of nitrogens with one attached hydrogen (secondary N) is 2. The SMILES string of the molecule is CNc1cc(N2CCCC2CNc2noc(-c3ccccc3)n2)ncn1. The molecule has 26 heavy (non-hydrogen) atoms. The first-order valence-corrected chi connectivity index (χ1v) is 8.73. The molecule has 3 aromatic rings. The Balaban J connectivity index is 1.42. The molecule has 8 heteroatoms. The standard InChI is InChI=1S/C18H21N7O/c1-19-15-10-16(22-12-21-15)25-9-5-8-14(25)11-20-18-23-17(26-24-18)13-6-3-2-4-7-13/h2-4,6-7,10,12,14H,5,8-9,11H2,1H3,(H,20,24)(H,19,21,22). The van der Waals surface area contributed by atoms with Gasteiger partial charge >= 0.3 is 0 Å². The van der Waals surface area contributed by atoms with Gasteiger partial charge in [-0.2, -0.15) is 4.98 Å². The van der Waals surface area contributed by atoms with Crippen molar-refractivity contribution in [1.82, 2.24) is 20.1 Å². The molecule has 1 aromatic carbocycles. The zero-order valence-corrected chi connectivity index (χ0v) is 14.6. The second-order valence-corrected chi connectivity index (χ2v) is 6.17. The summed E-state index contributed by atoms with van der Waals surface area (Å²) >= 11 is 0. The maximum absolute atomic E-state index is 5.34. The second kappa shape index (κ2) is 7.38. The van der Waals surface area contributed by atoms with Crippen LogP contribution in [0.4, 0.5) is 17.6 Å². The number of hydrogen-bond acceptors (Lipinski definition) is 8. The summed E-state index contributed by atoms with van der Waals surface area (Å²) in [4.78, 5) is 15.3. The van der Waals surface area contributed by atoms with Gasteiger partial charge in [-0.15, -0.1) is 0 Å². The molecule has 0 aliphatic carbocycles. The smallest absolute Gasteiger partial charge is 0.263 e. The van der Waals surface area contributed by atoms with E-state index in [2.05, 4.69) is 35.6 Å². The molecule has 1 aliphatic heterocycles. The molecule has 0 bridgehead atoms. The fraction of sp³-hybridized carbons (Fsp3) is 0.333. The Morgan fingerprint density at radius 2 is 2.12 bits per heavy atom. The number of benzene rings is 1. The number of anilines is 3. The van der Waals surface area contributed by atoms with Crippen LogP contribution in [0.15, 0.2) is 47.2 Å². The molecular formula is C18H21N7O. The van der Waals surface area contributed by atoms with Gasteiger partial charge in [0.05, 0.1) is 0 Å². The van der Waals surface area contributed by atoms with E-state index in [4.69, 9.17) is 4.52 Å². The summed E-state index contributed by atoms with van der Waals surface area (Å²) in [5.41, 5.74) is 0.913. The van der Waals surface area contributed by atoms with Gasteiger partial charge in [0.15, 0.2) is 0 Å². The molecule has 1 saturated heterocycles. The van der Waals surface area contributed by atoms with Crippen molar-refractivity contribution in [2.75, 3.05) is 35.7 Å². The van der Waals surface area contributed by atoms with Crippen molar-refractivity contribution >= 4 is 17.6 Å². The van der Waals surface area contributed by atoms with Crippen molar-refractivity contribution < 1.29 is 4.52 Å². The van der Waals surface area contributed by atoms with Gasteiger partial charge in [-0.25, -0.2) is 9.97 Å². The molecule has 134 valence electrons. The Bertz CT molecular complexity index is 852. The predicted octanol–water partition coefficient (Wildman–Crippen LogP) is 2.65. The van der Waals surface area contributed by atoms with Gasteiger partial charge in [-0.05, 0) is 30.1 Å². The van der Waals surface area contributed by atoms with Crippen molar-refractivity contribution in [1.29, 1.82) is 0 Å². The Kier molecular flexibility index (Phi) is 4.63. The Hall–Kier alpha value is -3.16. The van der Waals surface area contributed by atoms with Crippen LogP contribution in [0.2, 0.25) is 0 Å². The largest absolute Gasteiger partial charge is 0.373 e. The molecule has 4 rings (SSSR count). The van der Waals surface area contributed by atoms with Crippen molar-refractivity contribution in [3.8, 4) is 11.5 Å². The van der Waals surface area contributed by atoms with E-state index >= 15 is 0 Å². The molecule has 8 nitrogen and oxygen atoms in total. The van der Waals surface area contributed by atoms with E-state index in [0.717, 1.165) is 43.1 Å². The summed E-state index contributed by atoms with van der Waals surface area (Å²) in [7, 11) is 1.86. The second-order valence-electron chi connectivity index (χ2n) is 6.17. The fourth-order valence-electron chi connectivity index (χ4n) is 3.19. The van der Waals surface area contributed by atoms with Crippen molar-refractivity contribution in [3.63, 3.8) is 0 Å². The minimum absolute atomic E-state index is 0.327. The molecule has 0 amide bonds. The minimum atomic E-state index is 0.327. The molecule has 0 saturated carbocycles. The normalized spacial score (nSPS) is 16.7. The first-order valence-electron chi connectivity index (χ1n) is 8.73. The van der Waals surface area contributed by atoms with E-state index in [1.54, 1.807) is 6.33 Å². The third-order valence-electron chi connectivity index (χ3n) is 4.52. The van der Waals surface area contributed by atoms with Crippen LogP contribution >= 0.6 is 0 Å². The van der Waals surface area contributed by atoms with Crippen molar-refractivity contribution in [2.45, 2.75) is 18.9 Å². The zero-order chi connectivity index (χ0) is 17.8. The zero-order valence-electron chi connectivity index (χ0n) is 14.6. The maximum atomic E-state index is 5.34. The van der Waals surface area contributed by atoms with E-state index < -0.39 is 0 Å². The molecular weight excluding hydrogens is 330 g/mol. The Morgan fingerprint density at radius 3 is 2.96 bits per heavy atom. The summed E-state index contributed by atoms with van der Waals surface area (Å²) in [5, 5.41) is 10.4. The highest BCUT2D eigenvalue weighted by Crippen LogP contribution is 2.25. The van der Waals surface area contributed by atoms with E-state index in [9.17, 15) is 0 Å². The first kappa shape index (κ1) is 16.3. The lowest BCUT2D eigenvalue weighted by Crippen LogP contribution is -2.35. The average Bonchev–Trinajstić information content (AvgIpc) is 3.36. The van der Waals surface area contributed by atoms with Gasteiger partial charge in [0.1, 0.15) is 18.0 Å². The summed E-state index contributed by atoms with van der Waals surface area (Å²) < 4.78 is 5.34. The van der Waals surface area contributed by atoms with Crippen LogP contribution in [0.3, 0.4) is 0 Å². The molecule has 1 unspecified atom stereocenters. The van der Waals surface area contributed by atoms with Crippen molar-refractivity contribution in [3.05, 3.63) is 42.7 Å². The summed E-state index contributed by atoms with van der Waals surface area (Å²) in [5.74, 6) is 2.78. The Labute approximate surface area is 151 Å². The Morgan fingerprint density at radius 1 is 1.23 bits per heavy atom. The molecule has 2 aromatic heterocycles. The fourth-order valence-corrected chi connectivity index (χ4v) is 3.19. The first-order chi connectivity index (χ1) is 12.8. The molecule has 1 fully saturated rings. The molecule has 1 atom stereocenters. The van der Waals surface area contributed by atoms with Crippen molar-refractivity contribution in [2.24, 2.45) is 0 Å². The number of hydrogen-bond donors (Lipinski definition) is 2. The van der Waals surface area contributed by atoms with Gasteiger partial charge in [-0.1, -0.05) is 18.2 Å². The highest BCUT2D eigenvalue weighted by molar-refractivity contribution is 5.54. The van der Waals surface area contributed by atoms with Crippen LogP contribution in [0.1, 0.15) is 12.8 Å². The summed E-state index contributed by atoms with van der Waals surface area (Å²) in [6.07, 6.45) is 3.82. The summed E-state index contributed by atoms with van der Waals surface area (Å²) in [6.45, 7) is 1.71. The van der Waals surface area contributed by atoms with Gasteiger partial charge < -0.3 is 20.1 Å². The molecule has 0 radical (unpaired) electrons. The van der Waals surface area contributed by atoms with Gasteiger partial charge in [-0.3, -0.25) is 0 Å². The quantitative estimate of drug-likeness (QED) is 0.700. The van der Waals surface area contributed by atoms with Crippen LogP contribution in [-0.2, 0) is 0 Å². The molecule has 0 spiro atoms. The van der Waals surface area contributed by atoms with Crippen LogP contribution in [0.25, 0.3) is 11.5 Å². The molecule has 3 heterocycles. The lowest BCUT2D eigenvalue weighted by atomic mass is 10.2. The number of rotatable bonds is 6. The van der Waals surface area contributed by atoms with Gasteiger partial charge in [0.2, 0.25) is 0 Å². The third-order valence-corrected chi connectivity index (χ3v) is 4.52. The molecule has 1 aliphatic rings. The van der Waals surface area contributed by atoms with Gasteiger partial charge in [0.25, 0.3) is 11.8 Å². The van der Waals surface area contributed by atoms with Crippen LogP contribution < -0.4 is 15.5 Å². The van der Waals surface area contributed by atoms with Gasteiger partial charge in [0, 0.05) is 37.8 Å². The third kappa shape index (κ3) is 3.44. The van der Waals surface area contributed by atoms with Crippen LogP contribution in [0.5, 0.6) is 0 Å². The highest BCUT2D eigenvalue weighted by atomic mass is 16.5. The van der Waals surface area contributed by atoms with Crippen LogP contribution in [0, 0.1) is 0 Å². The molecule has 2 N–H and O–H groups in total. The monoisotopic (exact) mass is 351 g/mol. The number of nitrogens with zero attached hydrogens (tertiary/aromatic N) is 5. The average molecular weight is 351 g/mol. The highest BCUT2D eigenvalue weighted by Gasteiger charge is 2.26. The maximum Gasteiger partial charge on any atom is 0.263 e. The predicted molar refractivity (Wildman–Crippen MR) is 100 cm³/mol. The van der Waals surface area contributed by atoms with E-state index in [1.165, 1.54) is 0 Å².